The summed E-state index contributed by atoms with van der Waals surface area (Å²) in [5.41, 5.74) is -0.412. The molecule has 2 amide bonds. The number of nitrogens with one attached hydrogen (secondary N) is 2. The Bertz CT molecular complexity index is 1360. The fourth-order valence-electron chi connectivity index (χ4n) is 3.10. The van der Waals surface area contributed by atoms with E-state index in [0.717, 1.165) is 23.9 Å². The van der Waals surface area contributed by atoms with Gasteiger partial charge in [-0.25, -0.2) is 4.39 Å². The lowest BCUT2D eigenvalue weighted by Crippen LogP contribution is -2.24. The van der Waals surface area contributed by atoms with Crippen LogP contribution in [-0.2, 0) is 17.5 Å². The number of anilines is 1. The van der Waals surface area contributed by atoms with Crippen molar-refractivity contribution in [1.29, 1.82) is 0 Å². The molecule has 13 heteroatoms. The number of hydrogen-bond acceptors (Lipinski definition) is 6. The van der Waals surface area contributed by atoms with Crippen molar-refractivity contribution in [2.75, 3.05) is 11.1 Å². The fourth-order valence-corrected chi connectivity index (χ4v) is 3.87. The number of carbonyl (C=O) groups excluding carboxylic acids is 2. The summed E-state index contributed by atoms with van der Waals surface area (Å²) in [5, 5.41) is 13.3. The predicted molar refractivity (Wildman–Crippen MR) is 122 cm³/mol. The number of carbonyl (C=O) groups is 2. The molecule has 2 aromatic carbocycles. The molecule has 0 spiro atoms. The average Bonchev–Trinajstić information content (AvgIpc) is 3.53. The first-order valence-electron chi connectivity index (χ1n) is 10.3. The molecule has 2 N–H and O–H groups in total. The number of furan rings is 1. The highest BCUT2D eigenvalue weighted by molar-refractivity contribution is 7.99. The van der Waals surface area contributed by atoms with E-state index in [4.69, 9.17) is 4.42 Å². The third-order valence-electron chi connectivity index (χ3n) is 4.74. The number of aromatic nitrogens is 3. The van der Waals surface area contributed by atoms with Gasteiger partial charge in [-0.15, -0.1) is 10.2 Å². The van der Waals surface area contributed by atoms with Crippen molar-refractivity contribution in [2.45, 2.75) is 17.9 Å². The van der Waals surface area contributed by atoms with Gasteiger partial charge in [0.25, 0.3) is 5.91 Å². The molecule has 4 rings (SSSR count). The number of alkyl halides is 3. The number of nitrogens with zero attached hydrogens (tertiary/aromatic N) is 3. The van der Waals surface area contributed by atoms with E-state index in [0.29, 0.717) is 5.69 Å². The molecule has 36 heavy (non-hydrogen) atoms. The topological polar surface area (TPSA) is 102 Å². The second-order valence-corrected chi connectivity index (χ2v) is 8.23. The Hall–Kier alpha value is -4.13. The van der Waals surface area contributed by atoms with Gasteiger partial charge in [0.15, 0.2) is 16.7 Å². The van der Waals surface area contributed by atoms with Crippen LogP contribution in [0.15, 0.2) is 76.5 Å². The number of rotatable bonds is 8. The van der Waals surface area contributed by atoms with E-state index in [2.05, 4.69) is 20.8 Å². The lowest BCUT2D eigenvalue weighted by molar-refractivity contribution is -0.137. The molecular formula is C23H17F4N5O3S. The summed E-state index contributed by atoms with van der Waals surface area (Å²) < 4.78 is 59.4. The molecule has 4 aromatic rings. The first-order chi connectivity index (χ1) is 17.2. The smallest absolute Gasteiger partial charge is 0.416 e. The lowest BCUT2D eigenvalue weighted by Gasteiger charge is -2.13. The predicted octanol–water partition coefficient (Wildman–Crippen LogP) is 4.68. The van der Waals surface area contributed by atoms with E-state index in [1.165, 1.54) is 59.4 Å². The van der Waals surface area contributed by atoms with Crippen molar-refractivity contribution in [3.63, 3.8) is 0 Å². The van der Waals surface area contributed by atoms with Crippen LogP contribution in [0.3, 0.4) is 0 Å². The zero-order valence-electron chi connectivity index (χ0n) is 18.3. The van der Waals surface area contributed by atoms with Crippen molar-refractivity contribution in [3.8, 4) is 5.69 Å². The van der Waals surface area contributed by atoms with Crippen molar-refractivity contribution in [1.82, 2.24) is 20.1 Å². The van der Waals surface area contributed by atoms with Crippen molar-refractivity contribution in [2.24, 2.45) is 0 Å². The Morgan fingerprint density at radius 2 is 1.81 bits per heavy atom. The minimum absolute atomic E-state index is 0.0483. The van der Waals surface area contributed by atoms with Gasteiger partial charge in [0, 0.05) is 5.69 Å². The van der Waals surface area contributed by atoms with Crippen molar-refractivity contribution in [3.05, 3.63) is 89.9 Å². The van der Waals surface area contributed by atoms with Gasteiger partial charge >= 0.3 is 6.18 Å². The molecule has 0 bridgehead atoms. The molecular weight excluding hydrogens is 502 g/mol. The molecule has 186 valence electrons. The van der Waals surface area contributed by atoms with Gasteiger partial charge in [-0.05, 0) is 54.6 Å². The normalized spacial score (nSPS) is 11.3. The quantitative estimate of drug-likeness (QED) is 0.259. The number of benzene rings is 2. The molecule has 0 saturated carbocycles. The Labute approximate surface area is 205 Å². The Balaban J connectivity index is 1.56. The summed E-state index contributed by atoms with van der Waals surface area (Å²) in [6.07, 6.45) is -3.26. The molecule has 2 aromatic heterocycles. The van der Waals surface area contributed by atoms with Crippen LogP contribution in [0.5, 0.6) is 0 Å². The fraction of sp³-hybridized carbons (Fsp3) is 0.130. The zero-order chi connectivity index (χ0) is 25.7. The molecule has 8 nitrogen and oxygen atoms in total. The monoisotopic (exact) mass is 519 g/mol. The molecule has 0 aliphatic heterocycles. The molecule has 0 unspecified atom stereocenters. The van der Waals surface area contributed by atoms with E-state index < -0.39 is 29.4 Å². The largest absolute Gasteiger partial charge is 0.459 e. The van der Waals surface area contributed by atoms with E-state index in [1.807, 2.05) is 0 Å². The Kier molecular flexibility index (Phi) is 7.38. The first-order valence-corrected chi connectivity index (χ1v) is 11.3. The SMILES string of the molecule is O=C(CSc1nnc(CNC(=O)c2ccco2)n1-c1cccc(C(F)(F)F)c1)Nc1ccc(F)cc1. The van der Waals surface area contributed by atoms with E-state index >= 15 is 0 Å². The summed E-state index contributed by atoms with van der Waals surface area (Å²) in [6, 6.07) is 12.7. The Morgan fingerprint density at radius 3 is 2.50 bits per heavy atom. The average molecular weight is 519 g/mol. The van der Waals surface area contributed by atoms with Crippen LogP contribution >= 0.6 is 11.8 Å². The molecule has 0 saturated heterocycles. The highest BCUT2D eigenvalue weighted by atomic mass is 32.2. The van der Waals surface area contributed by atoms with Crippen molar-refractivity contribution < 1.29 is 31.6 Å². The molecule has 0 atom stereocenters. The van der Waals surface area contributed by atoms with Crippen LogP contribution in [0.1, 0.15) is 21.9 Å². The van der Waals surface area contributed by atoms with Gasteiger partial charge in [0.05, 0.1) is 29.8 Å². The van der Waals surface area contributed by atoms with Crippen LogP contribution in [0.4, 0.5) is 23.2 Å². The summed E-state index contributed by atoms with van der Waals surface area (Å²) in [5.74, 6) is -1.43. The zero-order valence-corrected chi connectivity index (χ0v) is 19.1. The maximum Gasteiger partial charge on any atom is 0.416 e. The molecule has 2 heterocycles. The van der Waals surface area contributed by atoms with E-state index in [9.17, 15) is 27.2 Å². The van der Waals surface area contributed by atoms with Crippen LogP contribution in [0.25, 0.3) is 5.69 Å². The molecule has 0 aliphatic rings. The second kappa shape index (κ2) is 10.6. The number of hydrogen-bond donors (Lipinski definition) is 2. The maximum atomic E-state index is 13.3. The minimum Gasteiger partial charge on any atom is -0.459 e. The first kappa shape index (κ1) is 25.0. The molecule has 0 radical (unpaired) electrons. The van der Waals surface area contributed by atoms with Gasteiger partial charge < -0.3 is 15.1 Å². The van der Waals surface area contributed by atoms with Crippen molar-refractivity contribution >= 4 is 29.3 Å². The summed E-state index contributed by atoms with van der Waals surface area (Å²) >= 11 is 0.929. The second-order valence-electron chi connectivity index (χ2n) is 7.29. The highest BCUT2D eigenvalue weighted by Crippen LogP contribution is 2.31. The third-order valence-corrected chi connectivity index (χ3v) is 5.67. The number of halogens is 4. The van der Waals surface area contributed by atoms with Gasteiger partial charge in [0.1, 0.15) is 5.82 Å². The van der Waals surface area contributed by atoms with E-state index in [-0.39, 0.29) is 34.7 Å². The van der Waals surface area contributed by atoms with Gasteiger partial charge in [0.2, 0.25) is 5.91 Å². The molecule has 0 fully saturated rings. The summed E-state index contributed by atoms with van der Waals surface area (Å²) in [7, 11) is 0. The lowest BCUT2D eigenvalue weighted by atomic mass is 10.2. The number of amides is 2. The van der Waals surface area contributed by atoms with Gasteiger partial charge in [-0.2, -0.15) is 13.2 Å². The Morgan fingerprint density at radius 1 is 1.03 bits per heavy atom. The third kappa shape index (κ3) is 6.10. The van der Waals surface area contributed by atoms with Gasteiger partial charge in [-0.3, -0.25) is 14.2 Å². The van der Waals surface area contributed by atoms with Crippen LogP contribution in [0, 0.1) is 5.82 Å². The van der Waals surface area contributed by atoms with Crippen LogP contribution in [-0.4, -0.2) is 32.3 Å². The molecule has 0 aliphatic carbocycles. The minimum atomic E-state index is -4.58. The standard InChI is InChI=1S/C23H17F4N5O3S/c24-15-6-8-16(9-7-15)29-20(33)13-36-22-31-30-19(12-28-21(34)18-5-2-10-35-18)32(22)17-4-1-3-14(11-17)23(25,26)27/h1-11H,12-13H2,(H,28,34)(H,29,33). The van der Waals surface area contributed by atoms with Crippen LogP contribution in [0.2, 0.25) is 0 Å². The van der Waals surface area contributed by atoms with Gasteiger partial charge in [-0.1, -0.05) is 17.8 Å². The highest BCUT2D eigenvalue weighted by Gasteiger charge is 2.31. The summed E-state index contributed by atoms with van der Waals surface area (Å²) in [6.45, 7) is -0.175. The van der Waals surface area contributed by atoms with E-state index in [1.54, 1.807) is 0 Å². The summed E-state index contributed by atoms with van der Waals surface area (Å²) in [4.78, 5) is 24.6. The number of thioether (sulfide) groups is 1. The van der Waals surface area contributed by atoms with Crippen LogP contribution < -0.4 is 10.6 Å². The maximum absolute atomic E-state index is 13.3.